The molecule has 0 aromatic heterocycles. The second kappa shape index (κ2) is 5.58. The molecule has 0 saturated carbocycles. The SMILES string of the molecule is C=CC(=O)NC(CC(C)=O)C(=O)C(C)(C)C. The van der Waals surface area contributed by atoms with E-state index in [0.29, 0.717) is 0 Å². The highest BCUT2D eigenvalue weighted by atomic mass is 16.2. The van der Waals surface area contributed by atoms with Gasteiger partial charge in [-0.3, -0.25) is 14.4 Å². The number of ketones is 2. The molecule has 0 aliphatic rings. The highest BCUT2D eigenvalue weighted by Crippen LogP contribution is 2.18. The summed E-state index contributed by atoms with van der Waals surface area (Å²) in [5.74, 6) is -0.728. The molecular weight excluding hydrogens is 206 g/mol. The third kappa shape index (κ3) is 4.87. The summed E-state index contributed by atoms with van der Waals surface area (Å²) in [6.45, 7) is 9.96. The van der Waals surface area contributed by atoms with E-state index in [9.17, 15) is 14.4 Å². The minimum Gasteiger partial charge on any atom is -0.342 e. The average molecular weight is 225 g/mol. The van der Waals surface area contributed by atoms with Crippen LogP contribution in [-0.4, -0.2) is 23.5 Å². The van der Waals surface area contributed by atoms with Crippen LogP contribution in [0.25, 0.3) is 0 Å². The molecule has 4 heteroatoms. The Bertz CT molecular complexity index is 313. The van der Waals surface area contributed by atoms with Crippen molar-refractivity contribution in [2.45, 2.75) is 40.2 Å². The summed E-state index contributed by atoms with van der Waals surface area (Å²) in [5.41, 5.74) is -0.589. The van der Waals surface area contributed by atoms with Crippen molar-refractivity contribution in [2.24, 2.45) is 5.41 Å². The van der Waals surface area contributed by atoms with Gasteiger partial charge in [-0.05, 0) is 13.0 Å². The fourth-order valence-corrected chi connectivity index (χ4v) is 1.25. The van der Waals surface area contributed by atoms with Crippen LogP contribution in [0.4, 0.5) is 0 Å². The molecule has 0 heterocycles. The Morgan fingerprint density at radius 2 is 1.81 bits per heavy atom. The van der Waals surface area contributed by atoms with Crippen LogP contribution in [0.5, 0.6) is 0 Å². The van der Waals surface area contributed by atoms with Crippen LogP contribution in [0.3, 0.4) is 0 Å². The largest absolute Gasteiger partial charge is 0.342 e. The molecule has 4 nitrogen and oxygen atoms in total. The smallest absolute Gasteiger partial charge is 0.243 e. The number of amides is 1. The quantitative estimate of drug-likeness (QED) is 0.716. The van der Waals surface area contributed by atoms with E-state index in [1.165, 1.54) is 6.92 Å². The van der Waals surface area contributed by atoms with Crippen molar-refractivity contribution in [3.05, 3.63) is 12.7 Å². The van der Waals surface area contributed by atoms with E-state index >= 15 is 0 Å². The lowest BCUT2D eigenvalue weighted by molar-refractivity contribution is -0.133. The Kier molecular flexibility index (Phi) is 5.08. The lowest BCUT2D eigenvalue weighted by Crippen LogP contribution is -2.46. The van der Waals surface area contributed by atoms with Crippen LogP contribution in [0, 0.1) is 5.41 Å². The van der Waals surface area contributed by atoms with E-state index in [1.807, 2.05) is 0 Å². The molecule has 0 radical (unpaired) electrons. The van der Waals surface area contributed by atoms with Crippen LogP contribution >= 0.6 is 0 Å². The summed E-state index contributed by atoms with van der Waals surface area (Å²) in [6, 6.07) is -0.761. The Morgan fingerprint density at radius 1 is 1.31 bits per heavy atom. The van der Waals surface area contributed by atoms with E-state index in [2.05, 4.69) is 11.9 Å². The van der Waals surface area contributed by atoms with E-state index in [4.69, 9.17) is 0 Å². The van der Waals surface area contributed by atoms with Gasteiger partial charge in [0.2, 0.25) is 5.91 Å². The lowest BCUT2D eigenvalue weighted by Gasteiger charge is -2.24. The van der Waals surface area contributed by atoms with Gasteiger partial charge >= 0.3 is 0 Å². The van der Waals surface area contributed by atoms with Crippen molar-refractivity contribution in [2.75, 3.05) is 0 Å². The first kappa shape index (κ1) is 14.6. The Hall–Kier alpha value is -1.45. The van der Waals surface area contributed by atoms with Gasteiger partial charge in [-0.25, -0.2) is 0 Å². The molecule has 0 aliphatic heterocycles. The van der Waals surface area contributed by atoms with Crippen molar-refractivity contribution in [3.8, 4) is 0 Å². The molecule has 90 valence electrons. The lowest BCUT2D eigenvalue weighted by atomic mass is 9.85. The standard InChI is InChI=1S/C12H19NO3/c1-6-10(15)13-9(7-8(2)14)11(16)12(3,4)5/h6,9H,1,7H2,2-5H3,(H,13,15). The average Bonchev–Trinajstić information content (AvgIpc) is 2.13. The molecule has 0 spiro atoms. The molecule has 1 unspecified atom stereocenters. The molecule has 0 bridgehead atoms. The Balaban J connectivity index is 4.80. The summed E-state index contributed by atoms with van der Waals surface area (Å²) in [6.07, 6.45) is 1.11. The first-order valence-corrected chi connectivity index (χ1v) is 5.15. The monoisotopic (exact) mass is 225 g/mol. The zero-order chi connectivity index (χ0) is 12.9. The van der Waals surface area contributed by atoms with Gasteiger partial charge in [-0.2, -0.15) is 0 Å². The van der Waals surface area contributed by atoms with Gasteiger partial charge in [0, 0.05) is 11.8 Å². The minimum absolute atomic E-state index is 0.0235. The first-order chi connectivity index (χ1) is 7.18. The first-order valence-electron chi connectivity index (χ1n) is 5.15. The third-order valence-electron chi connectivity index (χ3n) is 2.05. The fraction of sp³-hybridized carbons (Fsp3) is 0.583. The van der Waals surface area contributed by atoms with Gasteiger partial charge in [-0.15, -0.1) is 0 Å². The van der Waals surface area contributed by atoms with Crippen molar-refractivity contribution in [1.29, 1.82) is 0 Å². The maximum Gasteiger partial charge on any atom is 0.243 e. The van der Waals surface area contributed by atoms with Crippen LogP contribution in [-0.2, 0) is 14.4 Å². The molecule has 0 saturated heterocycles. The summed E-state index contributed by atoms with van der Waals surface area (Å²) in [4.78, 5) is 34.1. The van der Waals surface area contributed by atoms with Gasteiger partial charge in [0.25, 0.3) is 0 Å². The third-order valence-corrected chi connectivity index (χ3v) is 2.05. The van der Waals surface area contributed by atoms with Crippen molar-refractivity contribution in [3.63, 3.8) is 0 Å². The minimum atomic E-state index is -0.761. The zero-order valence-corrected chi connectivity index (χ0v) is 10.3. The van der Waals surface area contributed by atoms with Crippen molar-refractivity contribution in [1.82, 2.24) is 5.32 Å². The maximum absolute atomic E-state index is 12.0. The molecule has 0 fully saturated rings. The van der Waals surface area contributed by atoms with Crippen LogP contribution < -0.4 is 5.32 Å². The van der Waals surface area contributed by atoms with Gasteiger partial charge in [0.1, 0.15) is 5.78 Å². The second-order valence-corrected chi connectivity index (χ2v) is 4.79. The number of carbonyl (C=O) groups is 3. The van der Waals surface area contributed by atoms with E-state index in [1.54, 1.807) is 20.8 Å². The molecule has 1 N–H and O–H groups in total. The van der Waals surface area contributed by atoms with Crippen LogP contribution in [0.15, 0.2) is 12.7 Å². The zero-order valence-electron chi connectivity index (χ0n) is 10.3. The van der Waals surface area contributed by atoms with Crippen molar-refractivity contribution < 1.29 is 14.4 Å². The highest BCUT2D eigenvalue weighted by Gasteiger charge is 2.30. The molecule has 0 rings (SSSR count). The number of Topliss-reactive ketones (excluding diaryl/α,β-unsaturated/α-hetero) is 2. The number of rotatable bonds is 5. The summed E-state index contributed by atoms with van der Waals surface area (Å²) in [7, 11) is 0. The summed E-state index contributed by atoms with van der Waals surface area (Å²) in [5, 5.41) is 2.48. The summed E-state index contributed by atoms with van der Waals surface area (Å²) >= 11 is 0. The molecule has 16 heavy (non-hydrogen) atoms. The van der Waals surface area contributed by atoms with E-state index < -0.39 is 17.4 Å². The second-order valence-electron chi connectivity index (χ2n) is 4.79. The maximum atomic E-state index is 12.0. The van der Waals surface area contributed by atoms with E-state index in [0.717, 1.165) is 6.08 Å². The molecule has 1 atom stereocenters. The molecule has 0 aliphatic carbocycles. The van der Waals surface area contributed by atoms with Gasteiger partial charge in [0.05, 0.1) is 6.04 Å². The topological polar surface area (TPSA) is 63.2 Å². The predicted molar refractivity (Wildman–Crippen MR) is 61.9 cm³/mol. The Labute approximate surface area is 96.1 Å². The number of carbonyl (C=O) groups excluding carboxylic acids is 3. The fourth-order valence-electron chi connectivity index (χ4n) is 1.25. The molecule has 0 aromatic carbocycles. The normalized spacial score (nSPS) is 12.8. The van der Waals surface area contributed by atoms with Crippen LogP contribution in [0.1, 0.15) is 34.1 Å². The van der Waals surface area contributed by atoms with Crippen molar-refractivity contribution >= 4 is 17.5 Å². The highest BCUT2D eigenvalue weighted by molar-refractivity contribution is 5.97. The van der Waals surface area contributed by atoms with Gasteiger partial charge in [0.15, 0.2) is 5.78 Å². The number of hydrogen-bond acceptors (Lipinski definition) is 3. The van der Waals surface area contributed by atoms with Gasteiger partial charge < -0.3 is 5.32 Å². The number of hydrogen-bond donors (Lipinski definition) is 1. The molecule has 1 amide bonds. The summed E-state index contributed by atoms with van der Waals surface area (Å²) < 4.78 is 0. The molecule has 0 aromatic rings. The van der Waals surface area contributed by atoms with E-state index in [-0.39, 0.29) is 18.0 Å². The Morgan fingerprint density at radius 3 is 2.12 bits per heavy atom. The van der Waals surface area contributed by atoms with Crippen LogP contribution in [0.2, 0.25) is 0 Å². The predicted octanol–water partition coefficient (Wildman–Crippen LogP) is 1.25. The number of nitrogens with one attached hydrogen (secondary N) is 1. The molecular formula is C12H19NO3. The van der Waals surface area contributed by atoms with Gasteiger partial charge in [-0.1, -0.05) is 27.4 Å².